The zero-order valence-corrected chi connectivity index (χ0v) is 13.5. The average Bonchev–Trinajstić information content (AvgIpc) is 2.60. The van der Waals surface area contributed by atoms with Crippen LogP contribution < -0.4 is 19.5 Å². The molecule has 0 saturated heterocycles. The van der Waals surface area contributed by atoms with Crippen molar-refractivity contribution in [2.24, 2.45) is 0 Å². The number of nitro benzene ring substituents is 1. The van der Waals surface area contributed by atoms with Gasteiger partial charge in [-0.1, -0.05) is 0 Å². The fourth-order valence-electron chi connectivity index (χ4n) is 2.16. The predicted octanol–water partition coefficient (Wildman–Crippen LogP) is 2.94. The Hall–Kier alpha value is -3.16. The number of methoxy groups -OCH3 is 3. The number of nitrogens with zero attached hydrogens (tertiary/aromatic N) is 1. The highest BCUT2D eigenvalue weighted by Crippen LogP contribution is 2.37. The van der Waals surface area contributed by atoms with E-state index in [0.29, 0.717) is 17.1 Å². The van der Waals surface area contributed by atoms with Crippen molar-refractivity contribution < 1.29 is 24.2 Å². The summed E-state index contributed by atoms with van der Waals surface area (Å²) in [5.41, 5.74) is 0.897. The van der Waals surface area contributed by atoms with Gasteiger partial charge in [-0.25, -0.2) is 0 Å². The maximum atomic E-state index is 11.0. The minimum absolute atomic E-state index is 0.0456. The second kappa shape index (κ2) is 7.40. The molecule has 0 aliphatic heterocycles. The Morgan fingerprint density at radius 3 is 2.17 bits per heavy atom. The highest BCUT2D eigenvalue weighted by molar-refractivity contribution is 5.58. The molecule has 0 aliphatic carbocycles. The van der Waals surface area contributed by atoms with E-state index in [9.17, 15) is 15.2 Å². The van der Waals surface area contributed by atoms with Gasteiger partial charge in [0.1, 0.15) is 11.5 Å². The van der Waals surface area contributed by atoms with Gasteiger partial charge in [-0.15, -0.1) is 0 Å². The first-order valence-corrected chi connectivity index (χ1v) is 6.99. The Bertz CT molecular complexity index is 725. The maximum Gasteiger partial charge on any atom is 0.315 e. The molecule has 0 radical (unpaired) electrons. The molecule has 8 heteroatoms. The zero-order chi connectivity index (χ0) is 17.7. The number of nitro groups is 1. The van der Waals surface area contributed by atoms with Gasteiger partial charge in [0.05, 0.1) is 26.3 Å². The van der Waals surface area contributed by atoms with E-state index in [1.54, 1.807) is 32.4 Å². The number of aromatic hydroxyl groups is 1. The van der Waals surface area contributed by atoms with Gasteiger partial charge in [0.15, 0.2) is 5.75 Å². The third kappa shape index (κ3) is 3.78. The lowest BCUT2D eigenvalue weighted by Gasteiger charge is -2.12. The van der Waals surface area contributed by atoms with Gasteiger partial charge >= 0.3 is 5.69 Å². The number of nitrogens with one attached hydrogen (secondary N) is 1. The van der Waals surface area contributed by atoms with Crippen LogP contribution in [0.5, 0.6) is 23.0 Å². The van der Waals surface area contributed by atoms with Crippen LogP contribution in [0.25, 0.3) is 0 Å². The minimum Gasteiger partial charge on any atom is -0.500 e. The van der Waals surface area contributed by atoms with E-state index in [0.717, 1.165) is 5.69 Å². The molecule has 0 bridgehead atoms. The SMILES string of the molecule is COc1cc(NCc2cc(OC)c(O)c([N+](=O)[O-])c2)cc(OC)c1. The van der Waals surface area contributed by atoms with Crippen LogP contribution in [-0.4, -0.2) is 31.4 Å². The van der Waals surface area contributed by atoms with Crippen LogP contribution in [0.3, 0.4) is 0 Å². The molecule has 0 unspecified atom stereocenters. The number of anilines is 1. The Morgan fingerprint density at radius 1 is 1.04 bits per heavy atom. The van der Waals surface area contributed by atoms with Gasteiger partial charge in [-0.3, -0.25) is 10.1 Å². The molecule has 0 aromatic heterocycles. The lowest BCUT2D eigenvalue weighted by Crippen LogP contribution is -2.02. The summed E-state index contributed by atoms with van der Waals surface area (Å²) in [6.07, 6.45) is 0. The van der Waals surface area contributed by atoms with Crippen LogP contribution in [0.1, 0.15) is 5.56 Å². The molecule has 0 saturated carbocycles. The summed E-state index contributed by atoms with van der Waals surface area (Å²) >= 11 is 0. The van der Waals surface area contributed by atoms with E-state index in [-0.39, 0.29) is 12.3 Å². The molecule has 2 aromatic rings. The molecule has 0 amide bonds. The Labute approximate surface area is 138 Å². The van der Waals surface area contributed by atoms with Crippen molar-refractivity contribution in [3.05, 3.63) is 46.0 Å². The monoisotopic (exact) mass is 334 g/mol. The van der Waals surface area contributed by atoms with E-state index in [1.807, 2.05) is 0 Å². The van der Waals surface area contributed by atoms with E-state index < -0.39 is 16.4 Å². The number of benzene rings is 2. The fourth-order valence-corrected chi connectivity index (χ4v) is 2.16. The van der Waals surface area contributed by atoms with Crippen LogP contribution in [0, 0.1) is 10.1 Å². The van der Waals surface area contributed by atoms with Crippen molar-refractivity contribution >= 4 is 11.4 Å². The molecule has 0 heterocycles. The standard InChI is InChI=1S/C16H18N2O6/c1-22-12-6-11(7-13(8-12)23-2)17-9-10-4-14(18(20)21)16(19)15(5-10)24-3/h4-8,17,19H,9H2,1-3H3. The molecule has 0 aliphatic rings. The zero-order valence-electron chi connectivity index (χ0n) is 13.5. The molecule has 24 heavy (non-hydrogen) atoms. The summed E-state index contributed by atoms with van der Waals surface area (Å²) in [5, 5.41) is 23.9. The van der Waals surface area contributed by atoms with E-state index in [2.05, 4.69) is 5.32 Å². The van der Waals surface area contributed by atoms with Crippen LogP contribution in [-0.2, 0) is 6.54 Å². The topological polar surface area (TPSA) is 103 Å². The molecule has 2 N–H and O–H groups in total. The lowest BCUT2D eigenvalue weighted by molar-refractivity contribution is -0.386. The summed E-state index contributed by atoms with van der Waals surface area (Å²) in [6, 6.07) is 8.11. The normalized spacial score (nSPS) is 10.1. The summed E-state index contributed by atoms with van der Waals surface area (Å²) in [4.78, 5) is 10.4. The molecular formula is C16H18N2O6. The second-order valence-electron chi connectivity index (χ2n) is 4.88. The van der Waals surface area contributed by atoms with Crippen LogP contribution in [0.4, 0.5) is 11.4 Å². The smallest absolute Gasteiger partial charge is 0.315 e. The molecular weight excluding hydrogens is 316 g/mol. The van der Waals surface area contributed by atoms with Crippen molar-refractivity contribution in [3.8, 4) is 23.0 Å². The second-order valence-corrected chi connectivity index (χ2v) is 4.88. The Balaban J connectivity index is 2.26. The first kappa shape index (κ1) is 17.2. The minimum atomic E-state index is -0.657. The van der Waals surface area contributed by atoms with Gasteiger partial charge in [0, 0.05) is 36.5 Å². The van der Waals surface area contributed by atoms with Crippen molar-refractivity contribution in [2.45, 2.75) is 6.54 Å². The van der Waals surface area contributed by atoms with E-state index >= 15 is 0 Å². The highest BCUT2D eigenvalue weighted by atomic mass is 16.6. The largest absolute Gasteiger partial charge is 0.500 e. The number of hydrogen-bond donors (Lipinski definition) is 2. The predicted molar refractivity (Wildman–Crippen MR) is 88.2 cm³/mol. The number of phenols is 1. The van der Waals surface area contributed by atoms with Gasteiger partial charge in [-0.2, -0.15) is 0 Å². The Morgan fingerprint density at radius 2 is 1.67 bits per heavy atom. The first-order valence-electron chi connectivity index (χ1n) is 6.99. The summed E-state index contributed by atoms with van der Waals surface area (Å²) in [5.74, 6) is 0.788. The molecule has 0 fully saturated rings. The number of hydrogen-bond acceptors (Lipinski definition) is 7. The fraction of sp³-hybridized carbons (Fsp3) is 0.250. The van der Waals surface area contributed by atoms with Crippen LogP contribution >= 0.6 is 0 Å². The van der Waals surface area contributed by atoms with Crippen LogP contribution in [0.15, 0.2) is 30.3 Å². The molecule has 0 spiro atoms. The third-order valence-corrected chi connectivity index (χ3v) is 3.38. The summed E-state index contributed by atoms with van der Waals surface area (Å²) in [6.45, 7) is 0.286. The Kier molecular flexibility index (Phi) is 5.31. The van der Waals surface area contributed by atoms with Crippen molar-refractivity contribution in [3.63, 3.8) is 0 Å². The number of rotatable bonds is 7. The van der Waals surface area contributed by atoms with Gasteiger partial charge in [0.2, 0.25) is 5.75 Å². The van der Waals surface area contributed by atoms with Crippen molar-refractivity contribution in [1.29, 1.82) is 0 Å². The van der Waals surface area contributed by atoms with E-state index in [4.69, 9.17) is 14.2 Å². The van der Waals surface area contributed by atoms with Crippen molar-refractivity contribution in [1.82, 2.24) is 0 Å². The summed E-state index contributed by atoms with van der Waals surface area (Å²) in [7, 11) is 4.43. The number of ether oxygens (including phenoxy) is 3. The van der Waals surface area contributed by atoms with Crippen molar-refractivity contribution in [2.75, 3.05) is 26.6 Å². The van der Waals surface area contributed by atoms with Crippen LogP contribution in [0.2, 0.25) is 0 Å². The average molecular weight is 334 g/mol. The third-order valence-electron chi connectivity index (χ3n) is 3.38. The molecule has 8 nitrogen and oxygen atoms in total. The maximum absolute atomic E-state index is 11.0. The summed E-state index contributed by atoms with van der Waals surface area (Å²) < 4.78 is 15.4. The lowest BCUT2D eigenvalue weighted by atomic mass is 10.1. The van der Waals surface area contributed by atoms with Gasteiger partial charge in [0.25, 0.3) is 0 Å². The van der Waals surface area contributed by atoms with E-state index in [1.165, 1.54) is 19.2 Å². The molecule has 0 atom stereocenters. The van der Waals surface area contributed by atoms with Gasteiger partial charge in [-0.05, 0) is 11.6 Å². The molecule has 2 rings (SSSR count). The molecule has 2 aromatic carbocycles. The first-order chi connectivity index (χ1) is 11.5. The molecule has 128 valence electrons. The quantitative estimate of drug-likeness (QED) is 0.592. The number of phenolic OH excluding ortho intramolecular Hbond substituents is 1. The van der Waals surface area contributed by atoms with Gasteiger partial charge < -0.3 is 24.6 Å². The highest BCUT2D eigenvalue weighted by Gasteiger charge is 2.19.